The number of benzene rings is 2. The number of halogens is 8. The Kier molecular flexibility index (Phi) is 7.15. The minimum Gasteiger partial charge on any atom is -0.483 e. The van der Waals surface area contributed by atoms with Crippen molar-refractivity contribution in [1.82, 2.24) is 4.37 Å². The average molecular weight is 511 g/mol. The van der Waals surface area contributed by atoms with Crippen molar-refractivity contribution in [1.29, 1.82) is 0 Å². The first-order valence-corrected chi connectivity index (χ1v) is 10.1. The van der Waals surface area contributed by atoms with Gasteiger partial charge in [0.25, 0.3) is 0 Å². The van der Waals surface area contributed by atoms with Crippen LogP contribution in [0.15, 0.2) is 36.4 Å². The van der Waals surface area contributed by atoms with E-state index in [0.717, 1.165) is 24.3 Å². The molecule has 0 fully saturated rings. The van der Waals surface area contributed by atoms with Crippen LogP contribution in [-0.2, 0) is 30.2 Å². The van der Waals surface area contributed by atoms with Gasteiger partial charge < -0.3 is 9.84 Å². The molecule has 4 nitrogen and oxygen atoms in total. The summed E-state index contributed by atoms with van der Waals surface area (Å²) in [6.45, 7) is -0.982. The van der Waals surface area contributed by atoms with E-state index in [0.29, 0.717) is 12.1 Å². The minimum absolute atomic E-state index is 0.00312. The summed E-state index contributed by atoms with van der Waals surface area (Å²) in [7, 11) is 0. The maximum Gasteiger partial charge on any atom is 0.427 e. The number of ether oxygens (including phenoxy) is 1. The van der Waals surface area contributed by atoms with Crippen LogP contribution in [0.1, 0.15) is 28.0 Å². The van der Waals surface area contributed by atoms with Crippen LogP contribution in [0.3, 0.4) is 0 Å². The van der Waals surface area contributed by atoms with Gasteiger partial charge in [0.05, 0.1) is 11.3 Å². The number of carbonyl (C=O) groups is 1. The molecule has 0 saturated carbocycles. The van der Waals surface area contributed by atoms with Gasteiger partial charge >= 0.3 is 18.3 Å². The number of aromatic nitrogens is 1. The van der Waals surface area contributed by atoms with Crippen LogP contribution in [0.25, 0.3) is 11.3 Å². The number of nitrogens with zero attached hydrogens (tertiary/aromatic N) is 1. The number of aliphatic carboxylic acids is 1. The van der Waals surface area contributed by atoms with Crippen LogP contribution >= 0.6 is 11.5 Å². The van der Waals surface area contributed by atoms with Gasteiger partial charge in [-0.3, -0.25) is 4.79 Å². The van der Waals surface area contributed by atoms with Gasteiger partial charge in [0.2, 0.25) is 0 Å². The summed E-state index contributed by atoms with van der Waals surface area (Å²) in [5.41, 5.74) is -2.05. The Morgan fingerprint density at radius 2 is 1.56 bits per heavy atom. The number of alkyl halides is 6. The average Bonchev–Trinajstić information content (AvgIpc) is 3.15. The van der Waals surface area contributed by atoms with E-state index in [1.54, 1.807) is 0 Å². The highest BCUT2D eigenvalue weighted by atomic mass is 32.1. The van der Waals surface area contributed by atoms with Crippen molar-refractivity contribution in [3.63, 3.8) is 0 Å². The molecule has 0 aliphatic carbocycles. The molecule has 0 saturated heterocycles. The lowest BCUT2D eigenvalue weighted by molar-refractivity contribution is -0.138. The third kappa shape index (κ3) is 5.82. The molecule has 0 spiro atoms. The Balaban J connectivity index is 1.93. The summed E-state index contributed by atoms with van der Waals surface area (Å²) in [5.74, 6) is -4.69. The van der Waals surface area contributed by atoms with E-state index >= 15 is 0 Å². The summed E-state index contributed by atoms with van der Waals surface area (Å²) >= 11 is 0.0226. The van der Waals surface area contributed by atoms with E-state index in [4.69, 9.17) is 9.84 Å². The van der Waals surface area contributed by atoms with E-state index in [9.17, 15) is 39.9 Å². The van der Waals surface area contributed by atoms with E-state index < -0.39 is 64.7 Å². The van der Waals surface area contributed by atoms with Crippen molar-refractivity contribution in [3.8, 4) is 17.0 Å². The van der Waals surface area contributed by atoms with Gasteiger partial charge in [-0.2, -0.15) is 30.7 Å². The number of aryl methyl sites for hydroxylation is 1. The Bertz CT molecular complexity index is 1160. The molecule has 1 N–H and O–H groups in total. The molecular formula is C21H13F8NO3S. The molecule has 34 heavy (non-hydrogen) atoms. The topological polar surface area (TPSA) is 59.4 Å². The molecule has 0 aliphatic heterocycles. The Morgan fingerprint density at radius 3 is 2.06 bits per heavy atom. The molecule has 2 aromatic carbocycles. The van der Waals surface area contributed by atoms with Crippen LogP contribution in [0, 0.1) is 11.6 Å². The quantitative estimate of drug-likeness (QED) is 0.358. The number of carboxylic acid groups (broad SMARTS) is 1. The molecule has 3 rings (SSSR count). The molecule has 0 amide bonds. The maximum atomic E-state index is 14.3. The van der Waals surface area contributed by atoms with E-state index in [-0.39, 0.29) is 34.8 Å². The van der Waals surface area contributed by atoms with Gasteiger partial charge in [0, 0.05) is 17.5 Å². The lowest BCUT2D eigenvalue weighted by Crippen LogP contribution is -2.10. The Hall–Kier alpha value is -3.22. The Labute approximate surface area is 190 Å². The fourth-order valence-electron chi connectivity index (χ4n) is 3.00. The SMILES string of the molecule is O=C(O)CCc1cc(F)c(OCc2c(-c3ccc(C(F)(F)F)cc3)nsc2C(F)(F)F)c(F)c1. The van der Waals surface area contributed by atoms with Crippen LogP contribution in [0.4, 0.5) is 35.1 Å². The van der Waals surface area contributed by atoms with E-state index in [2.05, 4.69) is 4.37 Å². The highest BCUT2D eigenvalue weighted by Gasteiger charge is 2.38. The van der Waals surface area contributed by atoms with Crippen molar-refractivity contribution >= 4 is 17.5 Å². The molecule has 0 bridgehead atoms. The molecule has 1 aromatic heterocycles. The number of carboxylic acids is 1. The summed E-state index contributed by atoms with van der Waals surface area (Å²) < 4.78 is 116. The number of hydrogen-bond acceptors (Lipinski definition) is 4. The summed E-state index contributed by atoms with van der Waals surface area (Å²) in [4.78, 5) is 9.37. The zero-order valence-electron chi connectivity index (χ0n) is 16.7. The molecule has 182 valence electrons. The minimum atomic E-state index is -4.90. The lowest BCUT2D eigenvalue weighted by Gasteiger charge is -2.13. The van der Waals surface area contributed by atoms with Crippen LogP contribution in [0.2, 0.25) is 0 Å². The maximum absolute atomic E-state index is 14.3. The smallest absolute Gasteiger partial charge is 0.427 e. The van der Waals surface area contributed by atoms with E-state index in [1.165, 1.54) is 0 Å². The first-order valence-electron chi connectivity index (χ1n) is 9.33. The fraction of sp³-hybridized carbons (Fsp3) is 0.238. The normalized spacial score (nSPS) is 12.1. The summed E-state index contributed by atoms with van der Waals surface area (Å²) in [5, 5.41) is 8.66. The lowest BCUT2D eigenvalue weighted by atomic mass is 10.0. The predicted octanol–water partition coefficient (Wildman–Crippen LogP) is 6.72. The second-order valence-corrected chi connectivity index (χ2v) is 7.76. The standard InChI is InChI=1S/C21H13F8NO3S/c22-14-7-10(1-6-16(31)32)8-15(23)18(14)33-9-13-17(30-34-19(13)21(27,28)29)11-2-4-12(5-3-11)20(24,25)26/h2-5,7-8H,1,6,9H2,(H,31,32). The third-order valence-electron chi connectivity index (χ3n) is 4.58. The van der Waals surface area contributed by atoms with Crippen molar-refractivity contribution < 1.29 is 49.8 Å². The second-order valence-electron chi connectivity index (χ2n) is 6.98. The Morgan fingerprint density at radius 1 is 0.971 bits per heavy atom. The highest BCUT2D eigenvalue weighted by molar-refractivity contribution is 7.06. The van der Waals surface area contributed by atoms with Crippen LogP contribution in [0.5, 0.6) is 5.75 Å². The van der Waals surface area contributed by atoms with Gasteiger partial charge in [-0.25, -0.2) is 8.78 Å². The fourth-order valence-corrected chi connectivity index (χ4v) is 3.77. The van der Waals surface area contributed by atoms with Crippen LogP contribution in [-0.4, -0.2) is 15.4 Å². The molecular weight excluding hydrogens is 498 g/mol. The summed E-state index contributed by atoms with van der Waals surface area (Å²) in [6.07, 6.45) is -10.1. The molecule has 1 heterocycles. The first-order chi connectivity index (χ1) is 15.8. The zero-order valence-corrected chi connectivity index (χ0v) is 17.5. The van der Waals surface area contributed by atoms with Gasteiger partial charge in [0.15, 0.2) is 17.4 Å². The molecule has 0 atom stereocenters. The van der Waals surface area contributed by atoms with Crippen molar-refractivity contribution in [2.75, 3.05) is 0 Å². The van der Waals surface area contributed by atoms with E-state index in [1.807, 2.05) is 0 Å². The molecule has 3 aromatic rings. The predicted molar refractivity (Wildman–Crippen MR) is 104 cm³/mol. The van der Waals surface area contributed by atoms with Crippen molar-refractivity contribution in [3.05, 3.63) is 69.6 Å². The molecule has 0 aliphatic rings. The van der Waals surface area contributed by atoms with Crippen molar-refractivity contribution in [2.24, 2.45) is 0 Å². The number of hydrogen-bond donors (Lipinski definition) is 1. The van der Waals surface area contributed by atoms with Crippen molar-refractivity contribution in [2.45, 2.75) is 31.8 Å². The van der Waals surface area contributed by atoms with Gasteiger partial charge in [0.1, 0.15) is 11.5 Å². The molecule has 0 unspecified atom stereocenters. The van der Waals surface area contributed by atoms with Gasteiger partial charge in [-0.05, 0) is 47.8 Å². The molecule has 0 radical (unpaired) electrons. The van der Waals surface area contributed by atoms with Crippen LogP contribution < -0.4 is 4.74 Å². The van der Waals surface area contributed by atoms with Gasteiger partial charge in [-0.15, -0.1) is 0 Å². The number of rotatable bonds is 7. The zero-order chi connectivity index (χ0) is 25.3. The van der Waals surface area contributed by atoms with Gasteiger partial charge in [-0.1, -0.05) is 12.1 Å². The second kappa shape index (κ2) is 9.57. The third-order valence-corrected chi connectivity index (χ3v) is 5.51. The first kappa shape index (κ1) is 25.4. The summed E-state index contributed by atoms with van der Waals surface area (Å²) in [6, 6.07) is 4.80. The highest BCUT2D eigenvalue weighted by Crippen LogP contribution is 2.41. The largest absolute Gasteiger partial charge is 0.483 e. The molecule has 13 heteroatoms. The monoisotopic (exact) mass is 511 g/mol.